The molecular formula is C23H28N2O3S. The highest BCUT2D eigenvalue weighted by Gasteiger charge is 2.11. The van der Waals surface area contributed by atoms with Crippen LogP contribution in [0, 0.1) is 13.8 Å². The van der Waals surface area contributed by atoms with E-state index in [9.17, 15) is 4.79 Å². The quantitative estimate of drug-likeness (QED) is 0.276. The Morgan fingerprint density at radius 2 is 1.86 bits per heavy atom. The summed E-state index contributed by atoms with van der Waals surface area (Å²) in [5, 5.41) is 1.42. The van der Waals surface area contributed by atoms with Crippen molar-refractivity contribution in [2.24, 2.45) is 0 Å². The van der Waals surface area contributed by atoms with Crippen LogP contribution in [0.25, 0.3) is 10.9 Å². The molecule has 0 aliphatic heterocycles. The molecule has 0 saturated heterocycles. The summed E-state index contributed by atoms with van der Waals surface area (Å²) in [6, 6.07) is 13.7. The number of benzene rings is 2. The van der Waals surface area contributed by atoms with E-state index in [-0.39, 0.29) is 5.56 Å². The van der Waals surface area contributed by atoms with Crippen molar-refractivity contribution in [1.29, 1.82) is 0 Å². The van der Waals surface area contributed by atoms with Gasteiger partial charge in [-0.05, 0) is 62.1 Å². The number of thioether (sulfide) groups is 1. The van der Waals surface area contributed by atoms with Crippen molar-refractivity contribution in [3.05, 3.63) is 63.9 Å². The van der Waals surface area contributed by atoms with Crippen molar-refractivity contribution in [1.82, 2.24) is 9.55 Å². The first-order valence-electron chi connectivity index (χ1n) is 9.91. The van der Waals surface area contributed by atoms with Crippen molar-refractivity contribution < 1.29 is 9.47 Å². The molecule has 1 aromatic heterocycles. The van der Waals surface area contributed by atoms with E-state index in [1.165, 1.54) is 11.1 Å². The molecule has 29 heavy (non-hydrogen) atoms. The Kier molecular flexibility index (Phi) is 7.72. The molecule has 0 aliphatic carbocycles. The minimum atomic E-state index is 0.0144. The number of aromatic nitrogens is 2. The molecule has 3 rings (SSSR count). The van der Waals surface area contributed by atoms with Gasteiger partial charge in [0.15, 0.2) is 5.16 Å². The van der Waals surface area contributed by atoms with Crippen LogP contribution in [0.1, 0.15) is 24.0 Å². The van der Waals surface area contributed by atoms with Gasteiger partial charge in [-0.25, -0.2) is 4.98 Å². The maximum absolute atomic E-state index is 12.9. The lowest BCUT2D eigenvalue weighted by molar-refractivity contribution is 0.189. The number of para-hydroxylation sites is 1. The van der Waals surface area contributed by atoms with Crippen LogP contribution in [-0.2, 0) is 11.3 Å². The molecule has 3 aromatic rings. The van der Waals surface area contributed by atoms with Gasteiger partial charge in [0.25, 0.3) is 5.56 Å². The van der Waals surface area contributed by atoms with Crippen molar-refractivity contribution in [2.75, 3.05) is 26.1 Å². The SMILES string of the molecule is COCCCn1c(SCCCOc2ccc(C)c(C)c2)nc2ccccc2c1=O. The number of nitrogens with zero attached hydrogens (tertiary/aromatic N) is 2. The van der Waals surface area contributed by atoms with Gasteiger partial charge in [0, 0.05) is 26.0 Å². The fourth-order valence-electron chi connectivity index (χ4n) is 3.04. The molecule has 154 valence electrons. The highest BCUT2D eigenvalue weighted by Crippen LogP contribution is 2.20. The van der Waals surface area contributed by atoms with Crippen molar-refractivity contribution >= 4 is 22.7 Å². The summed E-state index contributed by atoms with van der Waals surface area (Å²) in [6.07, 6.45) is 1.65. The summed E-state index contributed by atoms with van der Waals surface area (Å²) < 4.78 is 12.8. The fourth-order valence-corrected chi connectivity index (χ4v) is 3.98. The third kappa shape index (κ3) is 5.61. The smallest absolute Gasteiger partial charge is 0.262 e. The fraction of sp³-hybridized carbons (Fsp3) is 0.391. The molecule has 5 nitrogen and oxygen atoms in total. The highest BCUT2D eigenvalue weighted by molar-refractivity contribution is 7.99. The molecule has 6 heteroatoms. The number of ether oxygens (including phenoxy) is 2. The van der Waals surface area contributed by atoms with Crippen molar-refractivity contribution in [3.63, 3.8) is 0 Å². The third-order valence-corrected chi connectivity index (χ3v) is 5.89. The van der Waals surface area contributed by atoms with Crippen LogP contribution >= 0.6 is 11.8 Å². The zero-order chi connectivity index (χ0) is 20.6. The molecular weight excluding hydrogens is 384 g/mol. The van der Waals surface area contributed by atoms with Crippen LogP contribution in [0.2, 0.25) is 0 Å². The largest absolute Gasteiger partial charge is 0.494 e. The topological polar surface area (TPSA) is 53.4 Å². The van der Waals surface area contributed by atoms with Crippen LogP contribution in [0.15, 0.2) is 52.4 Å². The first-order valence-corrected chi connectivity index (χ1v) is 10.9. The number of hydrogen-bond acceptors (Lipinski definition) is 5. The Morgan fingerprint density at radius 3 is 2.66 bits per heavy atom. The normalized spacial score (nSPS) is 11.1. The van der Waals surface area contributed by atoms with Crippen LogP contribution < -0.4 is 10.3 Å². The summed E-state index contributed by atoms with van der Waals surface area (Å²) in [5.41, 5.74) is 3.26. The average molecular weight is 413 g/mol. The molecule has 1 heterocycles. The summed E-state index contributed by atoms with van der Waals surface area (Å²) in [6.45, 7) is 6.04. The minimum Gasteiger partial charge on any atom is -0.494 e. The van der Waals surface area contributed by atoms with Gasteiger partial charge in [-0.2, -0.15) is 0 Å². The second kappa shape index (κ2) is 10.5. The van der Waals surface area contributed by atoms with Crippen LogP contribution in [0.3, 0.4) is 0 Å². The average Bonchev–Trinajstić information content (AvgIpc) is 2.72. The minimum absolute atomic E-state index is 0.0144. The Morgan fingerprint density at radius 1 is 1.03 bits per heavy atom. The van der Waals surface area contributed by atoms with Gasteiger partial charge in [0.05, 0.1) is 17.5 Å². The molecule has 0 saturated carbocycles. The predicted octanol–water partition coefficient (Wildman–Crippen LogP) is 4.61. The summed E-state index contributed by atoms with van der Waals surface area (Å²) in [7, 11) is 1.67. The zero-order valence-corrected chi connectivity index (χ0v) is 18.1. The van der Waals surface area contributed by atoms with Gasteiger partial charge in [0.2, 0.25) is 0 Å². The lowest BCUT2D eigenvalue weighted by Gasteiger charge is -2.13. The second-order valence-electron chi connectivity index (χ2n) is 7.01. The number of fused-ring (bicyclic) bond motifs is 1. The molecule has 0 fully saturated rings. The Labute approximate surface area is 176 Å². The molecule has 0 atom stereocenters. The standard InChI is InChI=1S/C23H28N2O3S/c1-17-10-11-19(16-18(17)2)28-14-7-15-29-23-24-21-9-5-4-8-20(21)22(26)25(23)12-6-13-27-3/h4-5,8-11,16H,6-7,12-15H2,1-3H3. The van der Waals surface area contributed by atoms with Gasteiger partial charge in [-0.1, -0.05) is 30.0 Å². The van der Waals surface area contributed by atoms with E-state index in [1.54, 1.807) is 23.4 Å². The molecule has 0 N–H and O–H groups in total. The van der Waals surface area contributed by atoms with Gasteiger partial charge in [-0.15, -0.1) is 0 Å². The molecule has 0 radical (unpaired) electrons. The van der Waals surface area contributed by atoms with Crippen LogP contribution in [-0.4, -0.2) is 35.6 Å². The zero-order valence-electron chi connectivity index (χ0n) is 17.3. The van der Waals surface area contributed by atoms with Gasteiger partial charge in [-0.3, -0.25) is 9.36 Å². The van der Waals surface area contributed by atoms with E-state index < -0.39 is 0 Å². The van der Waals surface area contributed by atoms with Crippen LogP contribution in [0.5, 0.6) is 5.75 Å². The van der Waals surface area contributed by atoms with E-state index in [0.29, 0.717) is 25.1 Å². The molecule has 0 spiro atoms. The lowest BCUT2D eigenvalue weighted by atomic mass is 10.1. The molecule has 0 bridgehead atoms. The van der Waals surface area contributed by atoms with Crippen molar-refractivity contribution in [3.8, 4) is 5.75 Å². The monoisotopic (exact) mass is 412 g/mol. The highest BCUT2D eigenvalue weighted by atomic mass is 32.2. The summed E-state index contributed by atoms with van der Waals surface area (Å²) in [5.74, 6) is 1.73. The predicted molar refractivity (Wildman–Crippen MR) is 119 cm³/mol. The molecule has 0 aliphatic rings. The van der Waals surface area contributed by atoms with E-state index >= 15 is 0 Å². The van der Waals surface area contributed by atoms with E-state index in [0.717, 1.165) is 35.0 Å². The lowest BCUT2D eigenvalue weighted by Crippen LogP contribution is -2.24. The van der Waals surface area contributed by atoms with Gasteiger partial charge >= 0.3 is 0 Å². The first-order chi connectivity index (χ1) is 14.1. The van der Waals surface area contributed by atoms with E-state index in [4.69, 9.17) is 14.5 Å². The maximum atomic E-state index is 12.9. The molecule has 0 unspecified atom stereocenters. The Hall–Kier alpha value is -2.31. The van der Waals surface area contributed by atoms with E-state index in [2.05, 4.69) is 26.0 Å². The summed E-state index contributed by atoms with van der Waals surface area (Å²) in [4.78, 5) is 17.7. The number of hydrogen-bond donors (Lipinski definition) is 0. The third-order valence-electron chi connectivity index (χ3n) is 4.82. The number of rotatable bonds is 10. The molecule has 2 aromatic carbocycles. The summed E-state index contributed by atoms with van der Waals surface area (Å²) >= 11 is 1.61. The number of aryl methyl sites for hydroxylation is 2. The Bertz CT molecular complexity index is 1020. The van der Waals surface area contributed by atoms with E-state index in [1.807, 2.05) is 30.3 Å². The van der Waals surface area contributed by atoms with Gasteiger partial charge < -0.3 is 9.47 Å². The second-order valence-corrected chi connectivity index (χ2v) is 8.07. The first kappa shape index (κ1) is 21.4. The van der Waals surface area contributed by atoms with Crippen molar-refractivity contribution in [2.45, 2.75) is 38.4 Å². The molecule has 0 amide bonds. The van der Waals surface area contributed by atoms with Gasteiger partial charge in [0.1, 0.15) is 5.75 Å². The number of methoxy groups -OCH3 is 1. The van der Waals surface area contributed by atoms with Crippen LogP contribution in [0.4, 0.5) is 0 Å². The Balaban J connectivity index is 1.64. The maximum Gasteiger partial charge on any atom is 0.262 e.